The average Bonchev–Trinajstić information content (AvgIpc) is 3.35. The zero-order chi connectivity index (χ0) is 24.1. The summed E-state index contributed by atoms with van der Waals surface area (Å²) in [6.45, 7) is 4.82. The van der Waals surface area contributed by atoms with Crippen molar-refractivity contribution in [2.45, 2.75) is 38.8 Å². The number of rotatable bonds is 8. The van der Waals surface area contributed by atoms with Gasteiger partial charge in [-0.2, -0.15) is 0 Å². The fourth-order valence-electron chi connectivity index (χ4n) is 4.21. The van der Waals surface area contributed by atoms with E-state index in [2.05, 4.69) is 0 Å². The fraction of sp³-hybridized carbons (Fsp3) is 0.333. The number of carbonyl (C=O) groups is 2. The molecule has 2 atom stereocenters. The maximum absolute atomic E-state index is 13.6. The molecule has 1 aromatic heterocycles. The number of carbonyl (C=O) groups excluding carboxylic acids is 2. The van der Waals surface area contributed by atoms with Crippen molar-refractivity contribution < 1.29 is 18.7 Å². The number of nitrogens with zero attached hydrogens (tertiary/aromatic N) is 2. The van der Waals surface area contributed by atoms with Gasteiger partial charge in [0.05, 0.1) is 6.04 Å². The lowest BCUT2D eigenvalue weighted by Crippen LogP contribution is -2.49. The van der Waals surface area contributed by atoms with Gasteiger partial charge < -0.3 is 14.5 Å². The molecule has 34 heavy (non-hydrogen) atoms. The summed E-state index contributed by atoms with van der Waals surface area (Å²) in [4.78, 5) is 31.6. The van der Waals surface area contributed by atoms with Gasteiger partial charge in [0.1, 0.15) is 24.7 Å². The number of fused-ring (bicyclic) bond motifs is 1. The van der Waals surface area contributed by atoms with Crippen molar-refractivity contribution in [3.63, 3.8) is 0 Å². The molecule has 0 fully saturated rings. The molecule has 0 saturated heterocycles. The third-order valence-electron chi connectivity index (χ3n) is 6.35. The van der Waals surface area contributed by atoms with Crippen molar-refractivity contribution in [1.29, 1.82) is 0 Å². The maximum atomic E-state index is 13.6. The van der Waals surface area contributed by atoms with E-state index in [9.17, 15) is 14.0 Å². The summed E-state index contributed by atoms with van der Waals surface area (Å²) < 4.78 is 19.2. The summed E-state index contributed by atoms with van der Waals surface area (Å²) in [6, 6.07) is 16.7. The SMILES string of the molecule is CC[C@H](C)N(CC(=O)N1CCc2sccc2[C@@H]1COc1ccc(F)cc1)C(=O)c1ccccc1. The van der Waals surface area contributed by atoms with Crippen LogP contribution in [0.15, 0.2) is 66.0 Å². The molecule has 2 aromatic carbocycles. The number of hydrogen-bond acceptors (Lipinski definition) is 4. The Labute approximate surface area is 203 Å². The van der Waals surface area contributed by atoms with Gasteiger partial charge in [-0.3, -0.25) is 9.59 Å². The zero-order valence-electron chi connectivity index (χ0n) is 19.4. The summed E-state index contributed by atoms with van der Waals surface area (Å²) >= 11 is 1.68. The number of benzene rings is 2. The van der Waals surface area contributed by atoms with Crippen LogP contribution in [0.2, 0.25) is 0 Å². The number of hydrogen-bond donors (Lipinski definition) is 0. The number of thiophene rings is 1. The Morgan fingerprint density at radius 1 is 1.15 bits per heavy atom. The van der Waals surface area contributed by atoms with Crippen LogP contribution in [-0.4, -0.2) is 47.4 Å². The molecule has 1 aliphatic rings. The third kappa shape index (κ3) is 5.30. The first-order valence-electron chi connectivity index (χ1n) is 11.6. The molecular formula is C27H29FN2O3S. The van der Waals surface area contributed by atoms with Gasteiger partial charge >= 0.3 is 0 Å². The van der Waals surface area contributed by atoms with E-state index in [0.29, 0.717) is 17.9 Å². The molecule has 0 radical (unpaired) electrons. The monoisotopic (exact) mass is 480 g/mol. The van der Waals surface area contributed by atoms with Crippen LogP contribution in [0.1, 0.15) is 47.1 Å². The second-order valence-corrected chi connectivity index (χ2v) is 9.47. The molecule has 5 nitrogen and oxygen atoms in total. The van der Waals surface area contributed by atoms with Gasteiger partial charge in [0.25, 0.3) is 5.91 Å². The second kappa shape index (κ2) is 10.8. The quantitative estimate of drug-likeness (QED) is 0.438. The highest BCUT2D eigenvalue weighted by Gasteiger charge is 2.34. The molecule has 3 aromatic rings. The standard InChI is InChI=1S/C27H29FN2O3S/c1-3-19(2)30(27(32)20-7-5-4-6-8-20)17-26(31)29-15-13-25-23(14-16-34-25)24(29)18-33-22-11-9-21(28)10-12-22/h4-12,14,16,19,24H,3,13,15,17-18H2,1-2H3/t19-,24-/m0/s1. The molecule has 0 aliphatic carbocycles. The molecule has 178 valence electrons. The number of ether oxygens (including phenoxy) is 1. The first-order chi connectivity index (χ1) is 16.5. The van der Waals surface area contributed by atoms with E-state index in [1.165, 1.54) is 17.0 Å². The molecule has 7 heteroatoms. The normalized spacial score (nSPS) is 16.0. The predicted octanol–water partition coefficient (Wildman–Crippen LogP) is 5.33. The van der Waals surface area contributed by atoms with Crippen molar-refractivity contribution in [1.82, 2.24) is 9.80 Å². The smallest absolute Gasteiger partial charge is 0.254 e. The molecule has 0 N–H and O–H groups in total. The highest BCUT2D eigenvalue weighted by Crippen LogP contribution is 2.34. The van der Waals surface area contributed by atoms with Crippen LogP contribution in [0.4, 0.5) is 4.39 Å². The molecule has 2 amide bonds. The Morgan fingerprint density at radius 3 is 2.59 bits per heavy atom. The molecule has 0 unspecified atom stereocenters. The van der Waals surface area contributed by atoms with Crippen LogP contribution in [-0.2, 0) is 11.2 Å². The summed E-state index contributed by atoms with van der Waals surface area (Å²) in [5.74, 6) is -0.0171. The van der Waals surface area contributed by atoms with E-state index in [-0.39, 0.29) is 42.9 Å². The summed E-state index contributed by atoms with van der Waals surface area (Å²) in [6.07, 6.45) is 1.53. The lowest BCUT2D eigenvalue weighted by molar-refractivity contribution is -0.136. The van der Waals surface area contributed by atoms with Crippen LogP contribution < -0.4 is 4.74 Å². The lowest BCUT2D eigenvalue weighted by Gasteiger charge is -2.38. The van der Waals surface area contributed by atoms with E-state index < -0.39 is 0 Å². The van der Waals surface area contributed by atoms with Crippen LogP contribution in [0.25, 0.3) is 0 Å². The van der Waals surface area contributed by atoms with Crippen LogP contribution in [0.3, 0.4) is 0 Å². The Hall–Kier alpha value is -3.19. The van der Waals surface area contributed by atoms with Crippen molar-refractivity contribution in [2.24, 2.45) is 0 Å². The van der Waals surface area contributed by atoms with E-state index in [0.717, 1.165) is 18.4 Å². The van der Waals surface area contributed by atoms with Crippen LogP contribution in [0, 0.1) is 5.82 Å². The largest absolute Gasteiger partial charge is 0.491 e. The van der Waals surface area contributed by atoms with Gasteiger partial charge in [-0.05, 0) is 73.2 Å². The predicted molar refractivity (Wildman–Crippen MR) is 132 cm³/mol. The lowest BCUT2D eigenvalue weighted by atomic mass is 10.00. The van der Waals surface area contributed by atoms with Crippen molar-refractivity contribution in [3.8, 4) is 5.75 Å². The van der Waals surface area contributed by atoms with Gasteiger partial charge in [0.2, 0.25) is 5.91 Å². The number of halogens is 1. The van der Waals surface area contributed by atoms with Crippen LogP contribution in [0.5, 0.6) is 5.75 Å². The summed E-state index contributed by atoms with van der Waals surface area (Å²) in [7, 11) is 0. The highest BCUT2D eigenvalue weighted by molar-refractivity contribution is 7.10. The minimum Gasteiger partial charge on any atom is -0.491 e. The second-order valence-electron chi connectivity index (χ2n) is 8.47. The molecular weight excluding hydrogens is 451 g/mol. The minimum absolute atomic E-state index is 0.00918. The Bertz CT molecular complexity index is 1120. The Balaban J connectivity index is 1.54. The van der Waals surface area contributed by atoms with Gasteiger partial charge in [-0.25, -0.2) is 4.39 Å². The molecule has 1 aliphatic heterocycles. The fourth-order valence-corrected chi connectivity index (χ4v) is 5.14. The Kier molecular flexibility index (Phi) is 7.63. The van der Waals surface area contributed by atoms with Crippen molar-refractivity contribution in [3.05, 3.63) is 87.9 Å². The van der Waals surface area contributed by atoms with E-state index in [1.807, 2.05) is 48.4 Å². The summed E-state index contributed by atoms with van der Waals surface area (Å²) in [5, 5.41) is 2.04. The molecule has 0 saturated carbocycles. The first kappa shape index (κ1) is 24.0. The van der Waals surface area contributed by atoms with Crippen molar-refractivity contribution >= 4 is 23.2 Å². The molecule has 0 bridgehead atoms. The van der Waals surface area contributed by atoms with E-state index in [1.54, 1.807) is 40.5 Å². The number of amides is 2. The van der Waals surface area contributed by atoms with Crippen LogP contribution >= 0.6 is 11.3 Å². The Morgan fingerprint density at radius 2 is 1.88 bits per heavy atom. The zero-order valence-corrected chi connectivity index (χ0v) is 20.3. The van der Waals surface area contributed by atoms with Crippen molar-refractivity contribution in [2.75, 3.05) is 19.7 Å². The maximum Gasteiger partial charge on any atom is 0.254 e. The molecule has 2 heterocycles. The average molecular weight is 481 g/mol. The molecule has 0 spiro atoms. The third-order valence-corrected chi connectivity index (χ3v) is 7.34. The molecule has 4 rings (SSSR count). The topological polar surface area (TPSA) is 49.9 Å². The van der Waals surface area contributed by atoms with Gasteiger partial charge in [0, 0.05) is 23.0 Å². The van der Waals surface area contributed by atoms with Gasteiger partial charge in [-0.1, -0.05) is 25.1 Å². The van der Waals surface area contributed by atoms with E-state index in [4.69, 9.17) is 4.74 Å². The highest BCUT2D eigenvalue weighted by atomic mass is 32.1. The summed E-state index contributed by atoms with van der Waals surface area (Å²) in [5.41, 5.74) is 1.65. The first-order valence-corrected chi connectivity index (χ1v) is 12.5. The van der Waals surface area contributed by atoms with E-state index >= 15 is 0 Å². The van der Waals surface area contributed by atoms with Gasteiger partial charge in [-0.15, -0.1) is 11.3 Å². The minimum atomic E-state index is -0.324. The van der Waals surface area contributed by atoms with Gasteiger partial charge in [0.15, 0.2) is 0 Å².